The van der Waals surface area contributed by atoms with Crippen molar-refractivity contribution in [1.82, 2.24) is 15.1 Å². The highest BCUT2D eigenvalue weighted by molar-refractivity contribution is 7.13. The molecule has 0 radical (unpaired) electrons. The smallest absolute Gasteiger partial charge is 0.264 e. The third-order valence-electron chi connectivity index (χ3n) is 3.76. The van der Waals surface area contributed by atoms with Gasteiger partial charge in [0.2, 0.25) is 5.91 Å². The molecule has 22 heavy (non-hydrogen) atoms. The zero-order valence-electron chi connectivity index (χ0n) is 13.3. The van der Waals surface area contributed by atoms with Crippen molar-refractivity contribution in [2.75, 3.05) is 39.8 Å². The summed E-state index contributed by atoms with van der Waals surface area (Å²) in [6.07, 6.45) is 0. The number of nitrogens with one attached hydrogen (secondary N) is 1. The monoisotopic (exact) mass is 345 g/mol. The van der Waals surface area contributed by atoms with Crippen molar-refractivity contribution in [3.05, 3.63) is 21.9 Å². The van der Waals surface area contributed by atoms with Gasteiger partial charge >= 0.3 is 0 Å². The SMILES string of the molecule is CNCC(C)C(=O)N1CCN(C(=O)c2ccc(C)s2)CC1.Cl. The van der Waals surface area contributed by atoms with Crippen molar-refractivity contribution in [3.63, 3.8) is 0 Å². The fourth-order valence-electron chi connectivity index (χ4n) is 2.54. The summed E-state index contributed by atoms with van der Waals surface area (Å²) in [5.41, 5.74) is 0. The molecule has 1 saturated heterocycles. The quantitative estimate of drug-likeness (QED) is 0.902. The van der Waals surface area contributed by atoms with Crippen LogP contribution in [0.15, 0.2) is 12.1 Å². The number of amides is 2. The topological polar surface area (TPSA) is 52.7 Å². The van der Waals surface area contributed by atoms with Crippen molar-refractivity contribution in [1.29, 1.82) is 0 Å². The van der Waals surface area contributed by atoms with Gasteiger partial charge in [0.05, 0.1) is 4.88 Å². The minimum atomic E-state index is -0.0165. The molecular formula is C15H24ClN3O2S. The largest absolute Gasteiger partial charge is 0.339 e. The van der Waals surface area contributed by atoms with E-state index in [-0.39, 0.29) is 30.1 Å². The number of rotatable bonds is 4. The average molecular weight is 346 g/mol. The van der Waals surface area contributed by atoms with E-state index >= 15 is 0 Å². The Bertz CT molecular complexity index is 513. The van der Waals surface area contributed by atoms with E-state index in [1.165, 1.54) is 11.3 Å². The maximum absolute atomic E-state index is 12.3. The summed E-state index contributed by atoms with van der Waals surface area (Å²) in [5.74, 6) is 0.240. The molecule has 1 aromatic rings. The Labute approximate surface area is 142 Å². The first-order valence-electron chi connectivity index (χ1n) is 7.32. The molecule has 1 fully saturated rings. The Hall–Kier alpha value is -1.11. The number of thiophene rings is 1. The van der Waals surface area contributed by atoms with Crippen LogP contribution >= 0.6 is 23.7 Å². The highest BCUT2D eigenvalue weighted by atomic mass is 35.5. The molecule has 0 aromatic carbocycles. The molecule has 0 aliphatic carbocycles. The number of halogens is 1. The zero-order valence-corrected chi connectivity index (χ0v) is 14.9. The molecule has 7 heteroatoms. The summed E-state index contributed by atoms with van der Waals surface area (Å²) >= 11 is 1.53. The Kier molecular flexibility index (Phi) is 7.32. The van der Waals surface area contributed by atoms with Gasteiger partial charge in [-0.3, -0.25) is 9.59 Å². The van der Waals surface area contributed by atoms with Gasteiger partial charge in [-0.25, -0.2) is 0 Å². The first kappa shape index (κ1) is 18.9. The van der Waals surface area contributed by atoms with Gasteiger partial charge in [0.25, 0.3) is 5.91 Å². The lowest BCUT2D eigenvalue weighted by atomic mass is 10.1. The second-order valence-corrected chi connectivity index (χ2v) is 6.77. The summed E-state index contributed by atoms with van der Waals surface area (Å²) in [6.45, 7) is 7.12. The van der Waals surface area contributed by atoms with Gasteiger partial charge in [-0.2, -0.15) is 0 Å². The van der Waals surface area contributed by atoms with Crippen LogP contribution in [0.3, 0.4) is 0 Å². The second kappa shape index (κ2) is 8.50. The van der Waals surface area contributed by atoms with Crippen LogP contribution in [0, 0.1) is 12.8 Å². The number of carbonyl (C=O) groups excluding carboxylic acids is 2. The summed E-state index contributed by atoms with van der Waals surface area (Å²) in [6, 6.07) is 3.85. The average Bonchev–Trinajstić information content (AvgIpc) is 2.92. The van der Waals surface area contributed by atoms with Crippen LogP contribution in [0.2, 0.25) is 0 Å². The first-order chi connectivity index (χ1) is 10.0. The molecule has 5 nitrogen and oxygen atoms in total. The minimum Gasteiger partial charge on any atom is -0.339 e. The molecular weight excluding hydrogens is 322 g/mol. The maximum Gasteiger partial charge on any atom is 0.264 e. The Morgan fingerprint density at radius 2 is 1.82 bits per heavy atom. The van der Waals surface area contributed by atoms with Gasteiger partial charge in [0.15, 0.2) is 0 Å². The molecule has 1 unspecified atom stereocenters. The van der Waals surface area contributed by atoms with Crippen molar-refractivity contribution in [2.45, 2.75) is 13.8 Å². The summed E-state index contributed by atoms with van der Waals surface area (Å²) in [4.78, 5) is 30.2. The van der Waals surface area contributed by atoms with Gasteiger partial charge in [-0.05, 0) is 26.1 Å². The number of carbonyl (C=O) groups is 2. The molecule has 1 atom stereocenters. The highest BCUT2D eigenvalue weighted by Gasteiger charge is 2.27. The summed E-state index contributed by atoms with van der Waals surface area (Å²) in [7, 11) is 1.85. The number of nitrogens with zero attached hydrogens (tertiary/aromatic N) is 2. The van der Waals surface area contributed by atoms with E-state index in [1.807, 2.05) is 42.8 Å². The van der Waals surface area contributed by atoms with Crippen LogP contribution in [0.4, 0.5) is 0 Å². The summed E-state index contributed by atoms with van der Waals surface area (Å²) in [5, 5.41) is 3.03. The minimum absolute atomic E-state index is 0. The predicted molar refractivity (Wildman–Crippen MR) is 91.9 cm³/mol. The molecule has 0 spiro atoms. The van der Waals surface area contributed by atoms with E-state index in [0.717, 1.165) is 9.75 Å². The van der Waals surface area contributed by atoms with Crippen LogP contribution in [0.5, 0.6) is 0 Å². The molecule has 1 aliphatic rings. The molecule has 1 aromatic heterocycles. The Morgan fingerprint density at radius 1 is 1.23 bits per heavy atom. The van der Waals surface area contributed by atoms with E-state index in [9.17, 15) is 9.59 Å². The van der Waals surface area contributed by atoms with Crippen molar-refractivity contribution in [2.24, 2.45) is 5.92 Å². The van der Waals surface area contributed by atoms with Gasteiger partial charge in [0, 0.05) is 43.5 Å². The van der Waals surface area contributed by atoms with Crippen molar-refractivity contribution >= 4 is 35.6 Å². The van der Waals surface area contributed by atoms with E-state index in [0.29, 0.717) is 32.7 Å². The lowest BCUT2D eigenvalue weighted by Gasteiger charge is -2.35. The van der Waals surface area contributed by atoms with Gasteiger partial charge < -0.3 is 15.1 Å². The van der Waals surface area contributed by atoms with Gasteiger partial charge in [-0.1, -0.05) is 6.92 Å². The van der Waals surface area contributed by atoms with E-state index < -0.39 is 0 Å². The standard InChI is InChI=1S/C15H23N3O2S.ClH/c1-11(10-16-3)14(19)17-6-8-18(9-7-17)15(20)13-5-4-12(2)21-13;/h4-5,11,16H,6-10H2,1-3H3;1H. The number of hydrogen-bond donors (Lipinski definition) is 1. The molecule has 2 rings (SSSR count). The van der Waals surface area contributed by atoms with Crippen LogP contribution in [-0.2, 0) is 4.79 Å². The van der Waals surface area contributed by atoms with Crippen molar-refractivity contribution in [3.8, 4) is 0 Å². The Morgan fingerprint density at radius 3 is 2.32 bits per heavy atom. The van der Waals surface area contributed by atoms with Crippen LogP contribution < -0.4 is 5.32 Å². The molecule has 1 N–H and O–H groups in total. The van der Waals surface area contributed by atoms with Gasteiger partial charge in [0.1, 0.15) is 0 Å². The number of aryl methyl sites for hydroxylation is 1. The fourth-order valence-corrected chi connectivity index (χ4v) is 3.38. The van der Waals surface area contributed by atoms with E-state index in [4.69, 9.17) is 0 Å². The van der Waals surface area contributed by atoms with Gasteiger partial charge in [-0.15, -0.1) is 23.7 Å². The normalized spacial score (nSPS) is 16.1. The fraction of sp³-hybridized carbons (Fsp3) is 0.600. The molecule has 0 bridgehead atoms. The lowest BCUT2D eigenvalue weighted by Crippen LogP contribution is -2.52. The lowest BCUT2D eigenvalue weighted by molar-refractivity contribution is -0.136. The Balaban J connectivity index is 0.00000242. The third-order valence-corrected chi connectivity index (χ3v) is 4.75. The number of piperazine rings is 1. The van der Waals surface area contributed by atoms with Crippen LogP contribution in [-0.4, -0.2) is 61.4 Å². The van der Waals surface area contributed by atoms with Crippen molar-refractivity contribution < 1.29 is 9.59 Å². The predicted octanol–water partition coefficient (Wildman–Crippen LogP) is 1.62. The highest BCUT2D eigenvalue weighted by Crippen LogP contribution is 2.18. The molecule has 2 heterocycles. The van der Waals surface area contributed by atoms with Crippen LogP contribution in [0.25, 0.3) is 0 Å². The molecule has 0 saturated carbocycles. The second-order valence-electron chi connectivity index (χ2n) is 5.49. The van der Waals surface area contributed by atoms with Crippen LogP contribution in [0.1, 0.15) is 21.5 Å². The molecule has 2 amide bonds. The maximum atomic E-state index is 12.3. The number of hydrogen-bond acceptors (Lipinski definition) is 4. The molecule has 124 valence electrons. The zero-order chi connectivity index (χ0) is 15.4. The summed E-state index contributed by atoms with van der Waals surface area (Å²) < 4.78 is 0. The first-order valence-corrected chi connectivity index (χ1v) is 8.13. The van der Waals surface area contributed by atoms with E-state index in [2.05, 4.69) is 5.32 Å². The van der Waals surface area contributed by atoms with E-state index in [1.54, 1.807) is 0 Å². The third kappa shape index (κ3) is 4.44. The molecule has 1 aliphatic heterocycles.